The van der Waals surface area contributed by atoms with Crippen molar-refractivity contribution in [2.45, 2.75) is 30.3 Å². The first-order valence-corrected chi connectivity index (χ1v) is 7.29. The molecule has 0 N–H and O–H groups in total. The Balaban J connectivity index is 1.87. The van der Waals surface area contributed by atoms with Crippen molar-refractivity contribution in [3.8, 4) is 0 Å². The normalized spacial score (nSPS) is 14.3. The van der Waals surface area contributed by atoms with E-state index >= 15 is 0 Å². The van der Waals surface area contributed by atoms with Gasteiger partial charge in [-0.3, -0.25) is 4.79 Å². The van der Waals surface area contributed by atoms with Crippen LogP contribution in [0.25, 0.3) is 0 Å². The number of halogens is 1. The van der Waals surface area contributed by atoms with Gasteiger partial charge in [0.05, 0.1) is 23.4 Å². The topological polar surface area (TPSA) is 33.5 Å². The number of carbonyl (C=O) groups excluding carboxylic acids is 1. The van der Waals surface area contributed by atoms with Gasteiger partial charge in [-0.2, -0.15) is 0 Å². The van der Waals surface area contributed by atoms with Gasteiger partial charge in [-0.1, -0.05) is 11.6 Å². The maximum absolute atomic E-state index is 12.7. The summed E-state index contributed by atoms with van der Waals surface area (Å²) in [5.41, 5.74) is 0.498. The van der Waals surface area contributed by atoms with Gasteiger partial charge in [0, 0.05) is 10.9 Å². The van der Waals surface area contributed by atoms with Crippen molar-refractivity contribution in [2.24, 2.45) is 0 Å². The quantitative estimate of drug-likeness (QED) is 0.865. The fourth-order valence-corrected chi connectivity index (χ4v) is 2.56. The molecule has 0 radical (unpaired) electrons. The highest BCUT2D eigenvalue weighted by molar-refractivity contribution is 7.80. The van der Waals surface area contributed by atoms with Crippen LogP contribution in [0, 0.1) is 0 Å². The lowest BCUT2D eigenvalue weighted by atomic mass is 10.2. The zero-order valence-corrected chi connectivity index (χ0v) is 12.4. The van der Waals surface area contributed by atoms with E-state index in [1.807, 2.05) is 17.0 Å². The molecule has 0 saturated heterocycles. The summed E-state index contributed by atoms with van der Waals surface area (Å²) < 4.78 is 5.34. The number of rotatable bonds is 4. The van der Waals surface area contributed by atoms with E-state index in [1.54, 1.807) is 24.5 Å². The molecule has 1 amide bonds. The van der Waals surface area contributed by atoms with Crippen LogP contribution in [-0.2, 0) is 6.54 Å². The molecule has 0 bridgehead atoms. The molecule has 1 heterocycles. The lowest BCUT2D eigenvalue weighted by Gasteiger charge is -2.22. The van der Waals surface area contributed by atoms with Crippen molar-refractivity contribution in [3.05, 3.63) is 52.9 Å². The number of nitrogens with zero attached hydrogens (tertiary/aromatic N) is 1. The third kappa shape index (κ3) is 2.86. The Labute approximate surface area is 127 Å². The molecule has 5 heteroatoms. The van der Waals surface area contributed by atoms with E-state index in [0.29, 0.717) is 17.1 Å². The molecular formula is C15H14ClNO2S. The first-order valence-electron chi connectivity index (χ1n) is 6.47. The maximum Gasteiger partial charge on any atom is 0.256 e. The number of benzene rings is 1. The largest absolute Gasteiger partial charge is 0.467 e. The van der Waals surface area contributed by atoms with Crippen LogP contribution in [0.3, 0.4) is 0 Å². The summed E-state index contributed by atoms with van der Waals surface area (Å²) >= 11 is 10.4. The summed E-state index contributed by atoms with van der Waals surface area (Å²) in [4.78, 5) is 15.2. The van der Waals surface area contributed by atoms with Crippen molar-refractivity contribution < 1.29 is 9.21 Å². The highest BCUT2D eigenvalue weighted by atomic mass is 35.5. The Bertz CT molecular complexity index is 623. The number of carbonyl (C=O) groups is 1. The van der Waals surface area contributed by atoms with Crippen molar-refractivity contribution in [1.82, 2.24) is 4.90 Å². The first-order chi connectivity index (χ1) is 9.65. The number of furan rings is 1. The molecule has 1 saturated carbocycles. The zero-order valence-electron chi connectivity index (χ0n) is 10.8. The van der Waals surface area contributed by atoms with Crippen LogP contribution in [-0.4, -0.2) is 16.8 Å². The molecule has 1 aromatic heterocycles. The maximum atomic E-state index is 12.7. The van der Waals surface area contributed by atoms with E-state index in [-0.39, 0.29) is 11.9 Å². The SMILES string of the molecule is O=C(c1cc(S)ccc1Cl)N(Cc1ccco1)C1CC1. The van der Waals surface area contributed by atoms with Crippen molar-refractivity contribution in [1.29, 1.82) is 0 Å². The van der Waals surface area contributed by atoms with Crippen LogP contribution in [0.5, 0.6) is 0 Å². The molecule has 1 aliphatic carbocycles. The number of hydrogen-bond donors (Lipinski definition) is 1. The Kier molecular flexibility index (Phi) is 3.76. The minimum Gasteiger partial charge on any atom is -0.467 e. The summed E-state index contributed by atoms with van der Waals surface area (Å²) in [6.07, 6.45) is 3.68. The molecule has 0 spiro atoms. The van der Waals surface area contributed by atoms with Crippen LogP contribution in [0.4, 0.5) is 0 Å². The van der Waals surface area contributed by atoms with E-state index in [1.165, 1.54) is 0 Å². The van der Waals surface area contributed by atoms with E-state index in [9.17, 15) is 4.79 Å². The second-order valence-electron chi connectivity index (χ2n) is 4.91. The Hall–Kier alpha value is -1.39. The van der Waals surface area contributed by atoms with Gasteiger partial charge in [-0.05, 0) is 43.2 Å². The predicted molar refractivity (Wildman–Crippen MR) is 80.3 cm³/mol. The lowest BCUT2D eigenvalue weighted by Crippen LogP contribution is -2.32. The zero-order chi connectivity index (χ0) is 14.1. The molecule has 2 aromatic rings. The summed E-state index contributed by atoms with van der Waals surface area (Å²) in [6, 6.07) is 9.18. The average molecular weight is 308 g/mol. The molecule has 1 aromatic carbocycles. The molecule has 20 heavy (non-hydrogen) atoms. The second kappa shape index (κ2) is 5.54. The van der Waals surface area contributed by atoms with Crippen LogP contribution < -0.4 is 0 Å². The van der Waals surface area contributed by atoms with Crippen molar-refractivity contribution in [3.63, 3.8) is 0 Å². The molecule has 104 valence electrons. The first kappa shape index (κ1) is 13.6. The van der Waals surface area contributed by atoms with E-state index in [2.05, 4.69) is 12.6 Å². The van der Waals surface area contributed by atoms with Gasteiger partial charge >= 0.3 is 0 Å². The third-order valence-electron chi connectivity index (χ3n) is 3.34. The van der Waals surface area contributed by atoms with Gasteiger partial charge in [-0.15, -0.1) is 12.6 Å². The van der Waals surface area contributed by atoms with Gasteiger partial charge in [-0.25, -0.2) is 0 Å². The summed E-state index contributed by atoms with van der Waals surface area (Å²) in [5.74, 6) is 0.716. The van der Waals surface area contributed by atoms with Crippen LogP contribution in [0.2, 0.25) is 5.02 Å². The van der Waals surface area contributed by atoms with Crippen molar-refractivity contribution in [2.75, 3.05) is 0 Å². The van der Waals surface area contributed by atoms with E-state index in [0.717, 1.165) is 23.5 Å². The molecule has 0 aliphatic heterocycles. The Morgan fingerprint density at radius 1 is 1.40 bits per heavy atom. The van der Waals surface area contributed by atoms with Crippen LogP contribution in [0.1, 0.15) is 29.0 Å². The fourth-order valence-electron chi connectivity index (χ4n) is 2.16. The third-order valence-corrected chi connectivity index (χ3v) is 3.94. The predicted octanol–water partition coefficient (Wildman–Crippen LogP) is 4.03. The standard InChI is InChI=1S/C15H14ClNO2S/c16-14-6-5-12(20)8-13(14)15(18)17(10-3-4-10)9-11-2-1-7-19-11/h1-2,5-8,10,20H,3-4,9H2. The molecule has 3 nitrogen and oxygen atoms in total. The lowest BCUT2D eigenvalue weighted by molar-refractivity contribution is 0.0717. The number of thiol groups is 1. The molecule has 1 aliphatic rings. The summed E-state index contributed by atoms with van der Waals surface area (Å²) in [6.45, 7) is 0.476. The minimum absolute atomic E-state index is 0.0650. The fraction of sp³-hybridized carbons (Fsp3) is 0.267. The molecule has 0 unspecified atom stereocenters. The average Bonchev–Trinajstić information content (AvgIpc) is 3.15. The van der Waals surface area contributed by atoms with Crippen LogP contribution >= 0.6 is 24.2 Å². The van der Waals surface area contributed by atoms with Crippen molar-refractivity contribution >= 4 is 30.1 Å². The Morgan fingerprint density at radius 2 is 2.20 bits per heavy atom. The minimum atomic E-state index is -0.0650. The molecule has 1 fully saturated rings. The van der Waals surface area contributed by atoms with E-state index < -0.39 is 0 Å². The number of hydrogen-bond acceptors (Lipinski definition) is 3. The van der Waals surface area contributed by atoms with Gasteiger partial charge in [0.1, 0.15) is 5.76 Å². The highest BCUT2D eigenvalue weighted by Gasteiger charge is 2.34. The van der Waals surface area contributed by atoms with E-state index in [4.69, 9.17) is 16.0 Å². The Morgan fingerprint density at radius 3 is 2.85 bits per heavy atom. The molecule has 0 atom stereocenters. The summed E-state index contributed by atoms with van der Waals surface area (Å²) in [7, 11) is 0. The highest BCUT2D eigenvalue weighted by Crippen LogP contribution is 2.31. The van der Waals surface area contributed by atoms with Gasteiger partial charge in [0.25, 0.3) is 5.91 Å². The van der Waals surface area contributed by atoms with Gasteiger partial charge < -0.3 is 9.32 Å². The molecule has 3 rings (SSSR count). The second-order valence-corrected chi connectivity index (χ2v) is 5.83. The molecular weight excluding hydrogens is 294 g/mol. The smallest absolute Gasteiger partial charge is 0.256 e. The monoisotopic (exact) mass is 307 g/mol. The summed E-state index contributed by atoms with van der Waals surface area (Å²) in [5, 5.41) is 0.456. The van der Waals surface area contributed by atoms with Gasteiger partial charge in [0.2, 0.25) is 0 Å². The number of amides is 1. The van der Waals surface area contributed by atoms with Gasteiger partial charge in [0.15, 0.2) is 0 Å². The van der Waals surface area contributed by atoms with Crippen LogP contribution in [0.15, 0.2) is 45.9 Å².